The summed E-state index contributed by atoms with van der Waals surface area (Å²) in [5, 5.41) is 0. The average molecular weight is 532 g/mol. The molecule has 2 rings (SSSR count). The largest absolute Gasteiger partial charge is 1.00 e. The third-order valence-electron chi connectivity index (χ3n) is 6.60. The van der Waals surface area contributed by atoms with E-state index in [0.29, 0.717) is 0 Å². The summed E-state index contributed by atoms with van der Waals surface area (Å²) >= 11 is 0. The quantitative estimate of drug-likeness (QED) is 0.153. The minimum Gasteiger partial charge on any atom is -1.00 e. The van der Waals surface area contributed by atoms with Crippen molar-refractivity contribution < 1.29 is 32.9 Å². The molecule has 0 aliphatic carbocycles. The first kappa shape index (κ1) is 27.1. The number of halogens is 1. The molecule has 2 nitrogen and oxygen atoms in total. The number of quaternary nitrogens is 1. The zero-order chi connectivity index (χ0) is 20.3. The van der Waals surface area contributed by atoms with E-state index in [0.717, 1.165) is 17.6 Å². The maximum atomic E-state index is 6.48. The van der Waals surface area contributed by atoms with Crippen LogP contribution in [0.15, 0.2) is 24.3 Å². The molecule has 1 atom stereocenters. The maximum absolute atomic E-state index is 6.48. The van der Waals surface area contributed by atoms with Crippen LogP contribution in [0.5, 0.6) is 0 Å². The summed E-state index contributed by atoms with van der Waals surface area (Å²) in [5.74, 6) is 0. The van der Waals surface area contributed by atoms with Gasteiger partial charge in [-0.15, -0.1) is 0 Å². The smallest absolute Gasteiger partial charge is 0.187 e. The van der Waals surface area contributed by atoms with E-state index in [4.69, 9.17) is 4.43 Å². The third-order valence-corrected chi connectivity index (χ3v) is 9.14. The van der Waals surface area contributed by atoms with Gasteiger partial charge in [0.15, 0.2) is 8.32 Å². The predicted octanol–water partition coefficient (Wildman–Crippen LogP) is 3.95. The van der Waals surface area contributed by atoms with Gasteiger partial charge in [0.25, 0.3) is 0 Å². The number of benzene rings is 1. The second-order valence-electron chi connectivity index (χ2n) is 9.93. The zero-order valence-electron chi connectivity index (χ0n) is 19.6. The molecule has 0 saturated carbocycles. The van der Waals surface area contributed by atoms with Gasteiger partial charge in [-0.2, -0.15) is 0 Å². The Labute approximate surface area is 199 Å². The fourth-order valence-electron chi connectivity index (χ4n) is 4.50. The van der Waals surface area contributed by atoms with Crippen LogP contribution in [0.2, 0.25) is 19.1 Å². The van der Waals surface area contributed by atoms with E-state index in [1.54, 1.807) is 11.1 Å². The lowest BCUT2D eigenvalue weighted by atomic mass is 9.98. The molecule has 0 radical (unpaired) electrons. The van der Waals surface area contributed by atoms with Crippen molar-refractivity contribution in [2.45, 2.75) is 96.8 Å². The molecule has 0 saturated heterocycles. The van der Waals surface area contributed by atoms with Gasteiger partial charge in [-0.3, -0.25) is 0 Å². The number of fused-ring (bicyclic) bond motifs is 1. The molecular weight excluding hydrogens is 485 g/mol. The first-order valence-corrected chi connectivity index (χ1v) is 15.1. The van der Waals surface area contributed by atoms with Gasteiger partial charge in [-0.1, -0.05) is 89.0 Å². The van der Waals surface area contributed by atoms with Gasteiger partial charge in [0, 0.05) is 12.0 Å². The third kappa shape index (κ3) is 10.8. The standard InChI is InChI=1S/C25H46NOSi.HI/c1-5-6-7-8-9-10-11-12-15-22-28(3,4)27-21-20-26(2)19-18-24-16-13-14-17-25(24)23-26;/h13-14,16-17H,5-12,15,18-23H2,1-4H3;1H/q+1;/p-1. The highest BCUT2D eigenvalue weighted by molar-refractivity contribution is 6.71. The lowest BCUT2D eigenvalue weighted by Gasteiger charge is -2.39. The van der Waals surface area contributed by atoms with Gasteiger partial charge >= 0.3 is 0 Å². The van der Waals surface area contributed by atoms with Gasteiger partial charge in [0.2, 0.25) is 0 Å². The Hall–Kier alpha value is 0.0869. The van der Waals surface area contributed by atoms with Crippen LogP contribution in [-0.2, 0) is 17.4 Å². The molecule has 0 amide bonds. The molecule has 1 aromatic carbocycles. The maximum Gasteiger partial charge on any atom is 0.187 e. The number of nitrogens with zero attached hydrogens (tertiary/aromatic N) is 1. The Morgan fingerprint density at radius 3 is 2.14 bits per heavy atom. The van der Waals surface area contributed by atoms with Gasteiger partial charge in [-0.25, -0.2) is 0 Å². The van der Waals surface area contributed by atoms with Crippen LogP contribution in [0.3, 0.4) is 0 Å². The number of likely N-dealkylation sites (N-methyl/N-ethyl adjacent to an activating group) is 1. The van der Waals surface area contributed by atoms with E-state index in [1.165, 1.54) is 83.3 Å². The molecule has 1 aliphatic heterocycles. The highest BCUT2D eigenvalue weighted by atomic mass is 127. The molecule has 1 aliphatic rings. The average Bonchev–Trinajstić information content (AvgIpc) is 2.66. The molecule has 168 valence electrons. The van der Waals surface area contributed by atoms with E-state index in [-0.39, 0.29) is 24.0 Å². The molecule has 0 spiro atoms. The predicted molar refractivity (Wildman–Crippen MR) is 125 cm³/mol. The highest BCUT2D eigenvalue weighted by Gasteiger charge is 2.29. The van der Waals surface area contributed by atoms with E-state index in [1.807, 2.05) is 0 Å². The lowest BCUT2D eigenvalue weighted by Crippen LogP contribution is -3.00. The Kier molecular flexibility index (Phi) is 13.3. The summed E-state index contributed by atoms with van der Waals surface area (Å²) in [4.78, 5) is 0. The van der Waals surface area contributed by atoms with E-state index < -0.39 is 8.32 Å². The minimum atomic E-state index is -1.49. The molecule has 0 fully saturated rings. The fourth-order valence-corrected chi connectivity index (χ4v) is 6.39. The van der Waals surface area contributed by atoms with E-state index in [9.17, 15) is 0 Å². The molecule has 1 aromatic rings. The van der Waals surface area contributed by atoms with Gasteiger partial charge < -0.3 is 32.9 Å². The van der Waals surface area contributed by atoms with Crippen LogP contribution in [0.1, 0.15) is 75.8 Å². The molecular formula is C25H46INOSi. The molecule has 4 heteroatoms. The molecule has 1 heterocycles. The summed E-state index contributed by atoms with van der Waals surface area (Å²) in [5.41, 5.74) is 3.10. The Morgan fingerprint density at radius 1 is 0.897 bits per heavy atom. The summed E-state index contributed by atoms with van der Waals surface area (Å²) < 4.78 is 7.62. The first-order chi connectivity index (χ1) is 13.4. The molecule has 29 heavy (non-hydrogen) atoms. The number of hydrogen-bond acceptors (Lipinski definition) is 1. The van der Waals surface area contributed by atoms with Gasteiger partial charge in [-0.05, 0) is 24.7 Å². The zero-order valence-corrected chi connectivity index (χ0v) is 22.8. The molecule has 1 unspecified atom stereocenters. The summed E-state index contributed by atoms with van der Waals surface area (Å²) in [6, 6.07) is 10.3. The Bertz CT molecular complexity index is 566. The summed E-state index contributed by atoms with van der Waals surface area (Å²) in [6.07, 6.45) is 13.9. The van der Waals surface area contributed by atoms with Crippen molar-refractivity contribution in [1.82, 2.24) is 0 Å². The van der Waals surface area contributed by atoms with Crippen molar-refractivity contribution in [3.05, 3.63) is 35.4 Å². The summed E-state index contributed by atoms with van der Waals surface area (Å²) in [7, 11) is 0.923. The minimum absolute atomic E-state index is 0. The van der Waals surface area contributed by atoms with Crippen LogP contribution >= 0.6 is 0 Å². The van der Waals surface area contributed by atoms with Gasteiger partial charge in [0.1, 0.15) is 13.1 Å². The van der Waals surface area contributed by atoms with E-state index >= 15 is 0 Å². The lowest BCUT2D eigenvalue weighted by molar-refractivity contribution is -0.924. The Balaban J connectivity index is 0.00000420. The second kappa shape index (κ2) is 14.2. The second-order valence-corrected chi connectivity index (χ2v) is 14.2. The Morgan fingerprint density at radius 2 is 1.48 bits per heavy atom. The van der Waals surface area contributed by atoms with E-state index in [2.05, 4.69) is 51.3 Å². The summed E-state index contributed by atoms with van der Waals surface area (Å²) in [6.45, 7) is 11.6. The van der Waals surface area contributed by atoms with Crippen LogP contribution in [0, 0.1) is 0 Å². The fraction of sp³-hybridized carbons (Fsp3) is 0.760. The first-order valence-electron chi connectivity index (χ1n) is 12.0. The molecule has 0 aromatic heterocycles. The van der Waals surface area contributed by atoms with Crippen LogP contribution in [0.25, 0.3) is 0 Å². The van der Waals surface area contributed by atoms with Crippen molar-refractivity contribution in [3.63, 3.8) is 0 Å². The topological polar surface area (TPSA) is 9.23 Å². The van der Waals surface area contributed by atoms with Gasteiger partial charge in [0.05, 0.1) is 20.2 Å². The van der Waals surface area contributed by atoms with Crippen LogP contribution < -0.4 is 24.0 Å². The molecule has 0 bridgehead atoms. The normalized spacial score (nSPS) is 18.9. The number of hydrogen-bond donors (Lipinski definition) is 0. The van der Waals surface area contributed by atoms with Crippen molar-refractivity contribution in [2.75, 3.05) is 26.7 Å². The van der Waals surface area contributed by atoms with Crippen molar-refractivity contribution >= 4 is 8.32 Å². The van der Waals surface area contributed by atoms with Crippen LogP contribution in [0.4, 0.5) is 0 Å². The SMILES string of the molecule is CCCCCCCCCCC[Si](C)(C)OCC[N+]1(C)CCc2ccccc2C1.[I-]. The number of unbranched alkanes of at least 4 members (excludes halogenated alkanes) is 8. The monoisotopic (exact) mass is 531 g/mol. The van der Waals surface area contributed by atoms with Crippen LogP contribution in [-0.4, -0.2) is 39.5 Å². The number of rotatable bonds is 14. The highest BCUT2D eigenvalue weighted by Crippen LogP contribution is 2.24. The van der Waals surface area contributed by atoms with Crippen molar-refractivity contribution in [2.24, 2.45) is 0 Å². The molecule has 0 N–H and O–H groups in total. The van der Waals surface area contributed by atoms with Crippen molar-refractivity contribution in [3.8, 4) is 0 Å². The van der Waals surface area contributed by atoms with Crippen molar-refractivity contribution in [1.29, 1.82) is 0 Å².